The Morgan fingerprint density at radius 2 is 2.23 bits per heavy atom. The molecule has 4 rings (SSSR count). The van der Waals surface area contributed by atoms with Gasteiger partial charge in [0, 0.05) is 25.5 Å². The van der Waals surface area contributed by atoms with Gasteiger partial charge < -0.3 is 18.8 Å². The van der Waals surface area contributed by atoms with Crippen molar-refractivity contribution in [1.29, 1.82) is 0 Å². The first kappa shape index (κ1) is 17.2. The van der Waals surface area contributed by atoms with Crippen molar-refractivity contribution >= 4 is 5.91 Å². The number of hydrogen-bond donors (Lipinski definition) is 0. The maximum Gasteiger partial charge on any atom is 0.257 e. The Labute approximate surface area is 153 Å². The zero-order valence-corrected chi connectivity index (χ0v) is 14.8. The first-order valence-corrected chi connectivity index (χ1v) is 9.14. The summed E-state index contributed by atoms with van der Waals surface area (Å²) in [6.45, 7) is 3.48. The Morgan fingerprint density at radius 1 is 1.35 bits per heavy atom. The molecule has 2 aliphatic rings. The molecule has 1 amide bonds. The van der Waals surface area contributed by atoms with E-state index in [1.54, 1.807) is 18.5 Å². The van der Waals surface area contributed by atoms with Crippen LogP contribution < -0.4 is 0 Å². The van der Waals surface area contributed by atoms with Crippen molar-refractivity contribution in [1.82, 2.24) is 9.88 Å². The second-order valence-electron chi connectivity index (χ2n) is 7.32. The third-order valence-corrected chi connectivity index (χ3v) is 5.46. The molecule has 1 spiro atoms. The molecule has 0 saturated carbocycles. The van der Waals surface area contributed by atoms with Gasteiger partial charge in [-0.2, -0.15) is 0 Å². The molecule has 0 aromatic carbocycles. The van der Waals surface area contributed by atoms with Gasteiger partial charge in [-0.1, -0.05) is 6.07 Å². The maximum absolute atomic E-state index is 12.4. The van der Waals surface area contributed by atoms with Gasteiger partial charge in [0.05, 0.1) is 37.8 Å². The van der Waals surface area contributed by atoms with E-state index in [2.05, 4.69) is 4.98 Å². The largest absolute Gasteiger partial charge is 0.472 e. The van der Waals surface area contributed by atoms with Crippen LogP contribution in [0.15, 0.2) is 47.5 Å². The van der Waals surface area contributed by atoms with E-state index < -0.39 is 0 Å². The number of hydrogen-bond acceptors (Lipinski definition) is 5. The molecule has 4 heterocycles. The number of pyridine rings is 1. The Bertz CT molecular complexity index is 709. The van der Waals surface area contributed by atoms with Gasteiger partial charge in [-0.15, -0.1) is 0 Å². The molecule has 138 valence electrons. The molecule has 1 unspecified atom stereocenters. The van der Waals surface area contributed by atoms with Crippen LogP contribution in [0.4, 0.5) is 0 Å². The number of furan rings is 1. The summed E-state index contributed by atoms with van der Waals surface area (Å²) >= 11 is 0. The SMILES string of the molecule is O=C(c1ccoc1)N1CCC2(CC1)COC(COCc1cccnc1)C2. The van der Waals surface area contributed by atoms with Crippen LogP contribution in [0, 0.1) is 5.41 Å². The molecule has 6 nitrogen and oxygen atoms in total. The summed E-state index contributed by atoms with van der Waals surface area (Å²) in [5, 5.41) is 0. The van der Waals surface area contributed by atoms with E-state index >= 15 is 0 Å². The minimum atomic E-state index is 0.0591. The molecule has 0 N–H and O–H groups in total. The Hall–Kier alpha value is -2.18. The third kappa shape index (κ3) is 3.81. The Kier molecular flexibility index (Phi) is 5.04. The topological polar surface area (TPSA) is 64.8 Å². The van der Waals surface area contributed by atoms with E-state index in [-0.39, 0.29) is 17.4 Å². The number of rotatable bonds is 5. The van der Waals surface area contributed by atoms with E-state index in [4.69, 9.17) is 13.9 Å². The number of likely N-dealkylation sites (tertiary alicyclic amines) is 1. The van der Waals surface area contributed by atoms with Crippen molar-refractivity contribution < 1.29 is 18.7 Å². The highest BCUT2D eigenvalue weighted by molar-refractivity contribution is 5.93. The van der Waals surface area contributed by atoms with Gasteiger partial charge in [-0.25, -0.2) is 0 Å². The fourth-order valence-corrected chi connectivity index (χ4v) is 3.90. The highest BCUT2D eigenvalue weighted by Crippen LogP contribution is 2.42. The van der Waals surface area contributed by atoms with Crippen LogP contribution >= 0.6 is 0 Å². The average Bonchev–Trinajstić information content (AvgIpc) is 3.34. The Morgan fingerprint density at radius 3 is 2.96 bits per heavy atom. The summed E-state index contributed by atoms with van der Waals surface area (Å²) in [6, 6.07) is 5.65. The van der Waals surface area contributed by atoms with E-state index in [0.717, 1.165) is 44.5 Å². The van der Waals surface area contributed by atoms with Crippen LogP contribution in [0.25, 0.3) is 0 Å². The highest BCUT2D eigenvalue weighted by Gasteiger charge is 2.43. The van der Waals surface area contributed by atoms with Crippen LogP contribution in [0.2, 0.25) is 0 Å². The number of aromatic nitrogens is 1. The van der Waals surface area contributed by atoms with E-state index in [0.29, 0.717) is 18.8 Å². The lowest BCUT2D eigenvalue weighted by Crippen LogP contribution is -2.43. The monoisotopic (exact) mass is 356 g/mol. The van der Waals surface area contributed by atoms with Crippen molar-refractivity contribution in [2.45, 2.75) is 32.0 Å². The number of carbonyl (C=O) groups is 1. The van der Waals surface area contributed by atoms with Gasteiger partial charge in [0.25, 0.3) is 5.91 Å². The first-order valence-electron chi connectivity index (χ1n) is 9.14. The summed E-state index contributed by atoms with van der Waals surface area (Å²) in [6.07, 6.45) is 9.75. The fourth-order valence-electron chi connectivity index (χ4n) is 3.90. The molecule has 0 bridgehead atoms. The number of amides is 1. The minimum Gasteiger partial charge on any atom is -0.472 e. The van der Waals surface area contributed by atoms with Gasteiger partial charge in [0.2, 0.25) is 0 Å². The highest BCUT2D eigenvalue weighted by atomic mass is 16.5. The molecular formula is C20H24N2O4. The van der Waals surface area contributed by atoms with Crippen LogP contribution in [0.1, 0.15) is 35.2 Å². The standard InChI is InChI=1S/C20H24N2O4/c23-19(17-3-9-24-13-17)22-7-4-20(5-8-22)10-18(26-15-20)14-25-12-16-2-1-6-21-11-16/h1-3,6,9,11,13,18H,4-5,7-8,10,12,14-15H2. The van der Waals surface area contributed by atoms with Crippen LogP contribution in [-0.4, -0.2) is 48.2 Å². The first-order chi connectivity index (χ1) is 12.7. The van der Waals surface area contributed by atoms with Crippen LogP contribution in [0.5, 0.6) is 0 Å². The second-order valence-corrected chi connectivity index (χ2v) is 7.32. The van der Waals surface area contributed by atoms with Crippen LogP contribution in [-0.2, 0) is 16.1 Å². The molecule has 0 aliphatic carbocycles. The van der Waals surface area contributed by atoms with Crippen molar-refractivity contribution in [3.8, 4) is 0 Å². The van der Waals surface area contributed by atoms with Gasteiger partial charge in [-0.05, 0) is 42.4 Å². The number of ether oxygens (including phenoxy) is 2. The van der Waals surface area contributed by atoms with E-state index in [1.165, 1.54) is 6.26 Å². The zero-order chi connectivity index (χ0) is 17.8. The van der Waals surface area contributed by atoms with Crippen molar-refractivity contribution in [2.75, 3.05) is 26.3 Å². The summed E-state index contributed by atoms with van der Waals surface area (Å²) in [5.74, 6) is 0.0591. The quantitative estimate of drug-likeness (QED) is 0.824. The molecular weight excluding hydrogens is 332 g/mol. The van der Waals surface area contributed by atoms with Crippen molar-refractivity contribution in [3.05, 3.63) is 54.2 Å². The van der Waals surface area contributed by atoms with Gasteiger partial charge in [0.1, 0.15) is 6.26 Å². The molecule has 2 fully saturated rings. The van der Waals surface area contributed by atoms with Crippen molar-refractivity contribution in [2.24, 2.45) is 5.41 Å². The third-order valence-electron chi connectivity index (χ3n) is 5.46. The predicted molar refractivity (Wildman–Crippen MR) is 94.5 cm³/mol. The van der Waals surface area contributed by atoms with Crippen LogP contribution in [0.3, 0.4) is 0 Å². The predicted octanol–water partition coefficient (Wildman–Crippen LogP) is 2.90. The van der Waals surface area contributed by atoms with Crippen molar-refractivity contribution in [3.63, 3.8) is 0 Å². The van der Waals surface area contributed by atoms with Gasteiger partial charge in [-0.3, -0.25) is 9.78 Å². The molecule has 2 aromatic rings. The lowest BCUT2D eigenvalue weighted by atomic mass is 9.76. The minimum absolute atomic E-state index is 0.0591. The van der Waals surface area contributed by atoms with Gasteiger partial charge >= 0.3 is 0 Å². The fraction of sp³-hybridized carbons (Fsp3) is 0.500. The molecule has 26 heavy (non-hydrogen) atoms. The molecule has 0 radical (unpaired) electrons. The molecule has 2 saturated heterocycles. The molecule has 1 atom stereocenters. The van der Waals surface area contributed by atoms with E-state index in [1.807, 2.05) is 23.2 Å². The smallest absolute Gasteiger partial charge is 0.257 e. The summed E-state index contributed by atoms with van der Waals surface area (Å²) in [7, 11) is 0. The lowest BCUT2D eigenvalue weighted by molar-refractivity contribution is 0.00649. The maximum atomic E-state index is 12.4. The summed E-state index contributed by atoms with van der Waals surface area (Å²) < 4.78 is 16.8. The number of piperidine rings is 1. The molecule has 6 heteroatoms. The molecule has 2 aromatic heterocycles. The number of nitrogens with zero attached hydrogens (tertiary/aromatic N) is 2. The average molecular weight is 356 g/mol. The zero-order valence-electron chi connectivity index (χ0n) is 14.8. The molecule has 2 aliphatic heterocycles. The van der Waals surface area contributed by atoms with E-state index in [9.17, 15) is 4.79 Å². The lowest BCUT2D eigenvalue weighted by Gasteiger charge is -2.38. The number of carbonyl (C=O) groups excluding carboxylic acids is 1. The Balaban J connectivity index is 1.23. The summed E-state index contributed by atoms with van der Waals surface area (Å²) in [4.78, 5) is 18.4. The summed E-state index contributed by atoms with van der Waals surface area (Å²) in [5.41, 5.74) is 1.90. The van der Waals surface area contributed by atoms with Gasteiger partial charge in [0.15, 0.2) is 0 Å². The second kappa shape index (κ2) is 7.60. The normalized spacial score (nSPS) is 22.0.